The van der Waals surface area contributed by atoms with Gasteiger partial charge in [0.1, 0.15) is 11.4 Å². The van der Waals surface area contributed by atoms with Crippen molar-refractivity contribution < 1.29 is 32.2 Å². The van der Waals surface area contributed by atoms with E-state index in [-0.39, 0.29) is 35.6 Å². The van der Waals surface area contributed by atoms with Gasteiger partial charge in [-0.15, -0.1) is 0 Å². The van der Waals surface area contributed by atoms with E-state index in [1.54, 1.807) is 20.8 Å². The van der Waals surface area contributed by atoms with E-state index in [0.717, 1.165) is 12.3 Å². The van der Waals surface area contributed by atoms with Crippen LogP contribution in [0.5, 0.6) is 5.75 Å². The molecule has 31 heavy (non-hydrogen) atoms. The number of alkyl carbamates (subject to hydrolysis) is 1. The molecule has 1 aromatic carbocycles. The summed E-state index contributed by atoms with van der Waals surface area (Å²) >= 11 is 0. The number of halogens is 3. The fraction of sp³-hybridized carbons (Fsp3) is 0.455. The number of hydrogen-bond acceptors (Lipinski definition) is 5. The van der Waals surface area contributed by atoms with Crippen molar-refractivity contribution in [1.29, 1.82) is 0 Å². The van der Waals surface area contributed by atoms with Gasteiger partial charge in [0.15, 0.2) is 11.6 Å². The van der Waals surface area contributed by atoms with Crippen LogP contribution in [0.4, 0.5) is 18.0 Å². The fourth-order valence-electron chi connectivity index (χ4n) is 3.18. The number of rotatable bonds is 5. The molecule has 3 rings (SSSR count). The van der Waals surface area contributed by atoms with Gasteiger partial charge in [0.2, 0.25) is 5.82 Å². The highest BCUT2D eigenvalue weighted by Gasteiger charge is 2.30. The van der Waals surface area contributed by atoms with E-state index < -0.39 is 29.1 Å². The molecule has 6 nitrogen and oxygen atoms in total. The molecule has 1 saturated heterocycles. The zero-order valence-corrected chi connectivity index (χ0v) is 17.6. The molecule has 9 heteroatoms. The van der Waals surface area contributed by atoms with Gasteiger partial charge in [0.25, 0.3) is 0 Å². The lowest BCUT2D eigenvalue weighted by atomic mass is 9.97. The van der Waals surface area contributed by atoms with Gasteiger partial charge >= 0.3 is 6.09 Å². The van der Waals surface area contributed by atoms with Crippen LogP contribution in [0.1, 0.15) is 27.2 Å². The number of nitrogens with zero attached hydrogens (tertiary/aromatic N) is 1. The van der Waals surface area contributed by atoms with E-state index in [1.807, 2.05) is 0 Å². The van der Waals surface area contributed by atoms with Gasteiger partial charge in [-0.2, -0.15) is 4.39 Å². The lowest BCUT2D eigenvalue weighted by Crippen LogP contribution is -2.49. The minimum absolute atomic E-state index is 0.00493. The zero-order valence-electron chi connectivity index (χ0n) is 17.6. The molecule has 1 amide bonds. The number of carbonyl (C=O) groups is 1. The zero-order chi connectivity index (χ0) is 22.6. The average Bonchev–Trinajstić information content (AvgIpc) is 2.69. The molecule has 0 radical (unpaired) electrons. The number of aromatic nitrogens is 1. The van der Waals surface area contributed by atoms with Crippen molar-refractivity contribution in [2.24, 2.45) is 5.92 Å². The van der Waals surface area contributed by atoms with Crippen LogP contribution in [-0.2, 0) is 9.47 Å². The van der Waals surface area contributed by atoms with Crippen molar-refractivity contribution in [2.45, 2.75) is 38.8 Å². The van der Waals surface area contributed by atoms with E-state index >= 15 is 0 Å². The lowest BCUT2D eigenvalue weighted by Gasteiger charge is -2.32. The van der Waals surface area contributed by atoms with Crippen LogP contribution in [0, 0.1) is 23.4 Å². The summed E-state index contributed by atoms with van der Waals surface area (Å²) in [7, 11) is 0. The normalized spacial score (nSPS) is 19.0. The predicted molar refractivity (Wildman–Crippen MR) is 107 cm³/mol. The molecule has 1 aliphatic rings. The molecule has 1 aliphatic heterocycles. The maximum atomic E-state index is 14.6. The van der Waals surface area contributed by atoms with Crippen LogP contribution in [0.3, 0.4) is 0 Å². The molecule has 0 bridgehead atoms. The number of amides is 1. The van der Waals surface area contributed by atoms with Crippen LogP contribution < -0.4 is 10.1 Å². The summed E-state index contributed by atoms with van der Waals surface area (Å²) in [6, 6.07) is 4.70. The Kier molecular flexibility index (Phi) is 7.04. The Morgan fingerprint density at radius 3 is 2.65 bits per heavy atom. The Bertz CT molecular complexity index is 916. The third-order valence-corrected chi connectivity index (χ3v) is 4.68. The summed E-state index contributed by atoms with van der Waals surface area (Å²) in [5.41, 5.74) is -0.634. The van der Waals surface area contributed by atoms with Gasteiger partial charge in [0.05, 0.1) is 25.1 Å². The van der Waals surface area contributed by atoms with Crippen molar-refractivity contribution in [3.05, 3.63) is 47.9 Å². The molecule has 0 unspecified atom stereocenters. The predicted octanol–water partition coefficient (Wildman–Crippen LogP) is 4.47. The van der Waals surface area contributed by atoms with Crippen LogP contribution in [0.15, 0.2) is 30.5 Å². The maximum absolute atomic E-state index is 14.6. The number of carbonyl (C=O) groups excluding carboxylic acids is 1. The Morgan fingerprint density at radius 2 is 1.97 bits per heavy atom. The highest BCUT2D eigenvalue weighted by Crippen LogP contribution is 2.29. The summed E-state index contributed by atoms with van der Waals surface area (Å²) in [4.78, 5) is 15.9. The molecule has 0 spiro atoms. The fourth-order valence-corrected chi connectivity index (χ4v) is 3.18. The Labute approximate surface area is 178 Å². The molecular formula is C22H25F3N2O4. The monoisotopic (exact) mass is 438 g/mol. The molecule has 168 valence electrons. The molecule has 0 aliphatic carbocycles. The van der Waals surface area contributed by atoms with Gasteiger partial charge in [0, 0.05) is 24.1 Å². The largest absolute Gasteiger partial charge is 0.490 e. The van der Waals surface area contributed by atoms with E-state index in [9.17, 15) is 18.0 Å². The number of pyridine rings is 1. The minimum atomic E-state index is -1.17. The van der Waals surface area contributed by atoms with Crippen molar-refractivity contribution >= 4 is 6.09 Å². The molecular weight excluding hydrogens is 413 g/mol. The van der Waals surface area contributed by atoms with E-state index in [1.165, 1.54) is 18.2 Å². The molecule has 2 atom stereocenters. The van der Waals surface area contributed by atoms with Gasteiger partial charge in [-0.1, -0.05) is 0 Å². The molecule has 2 aromatic rings. The Balaban J connectivity index is 1.67. The van der Waals surface area contributed by atoms with Crippen molar-refractivity contribution in [2.75, 3.05) is 19.8 Å². The maximum Gasteiger partial charge on any atom is 0.407 e. The smallest absolute Gasteiger partial charge is 0.407 e. The standard InChI is InChI=1S/C22H25F3N2O4/c1-22(2,3)31-21(28)27-16-8-9-29-11-13(16)12-30-18-7-5-15(19(24)20(18)25)17-6-4-14(23)10-26-17/h4-7,10,13,16H,8-9,11-12H2,1-3H3,(H,27,28)/t13-,16+/m1/s1. The quantitative estimate of drug-likeness (QED) is 0.746. The molecule has 0 saturated carbocycles. The summed E-state index contributed by atoms with van der Waals surface area (Å²) in [5, 5.41) is 2.80. The van der Waals surface area contributed by atoms with Gasteiger partial charge in [-0.25, -0.2) is 13.6 Å². The first-order chi connectivity index (χ1) is 14.6. The van der Waals surface area contributed by atoms with Crippen LogP contribution in [0.2, 0.25) is 0 Å². The number of nitrogens with one attached hydrogen (secondary N) is 1. The second-order valence-electron chi connectivity index (χ2n) is 8.29. The van der Waals surface area contributed by atoms with Crippen LogP contribution in [0.25, 0.3) is 11.3 Å². The van der Waals surface area contributed by atoms with Gasteiger partial charge < -0.3 is 19.5 Å². The van der Waals surface area contributed by atoms with Crippen molar-refractivity contribution in [1.82, 2.24) is 10.3 Å². The van der Waals surface area contributed by atoms with Crippen LogP contribution >= 0.6 is 0 Å². The second-order valence-corrected chi connectivity index (χ2v) is 8.29. The molecule has 1 fully saturated rings. The number of benzene rings is 1. The highest BCUT2D eigenvalue weighted by atomic mass is 19.2. The first kappa shape index (κ1) is 22.9. The third-order valence-electron chi connectivity index (χ3n) is 4.68. The van der Waals surface area contributed by atoms with E-state index in [4.69, 9.17) is 14.2 Å². The number of ether oxygens (including phenoxy) is 3. The Hall–Kier alpha value is -2.81. The lowest BCUT2D eigenvalue weighted by molar-refractivity contribution is 0.00388. The topological polar surface area (TPSA) is 69.7 Å². The molecule has 1 aromatic heterocycles. The van der Waals surface area contributed by atoms with Gasteiger partial charge in [-0.3, -0.25) is 4.98 Å². The molecule has 1 N–H and O–H groups in total. The number of hydrogen-bond donors (Lipinski definition) is 1. The van der Waals surface area contributed by atoms with Crippen LogP contribution in [-0.4, -0.2) is 42.5 Å². The van der Waals surface area contributed by atoms with Gasteiger partial charge in [-0.05, 0) is 51.5 Å². The Morgan fingerprint density at radius 1 is 1.19 bits per heavy atom. The average molecular weight is 438 g/mol. The second kappa shape index (κ2) is 9.55. The van der Waals surface area contributed by atoms with E-state index in [0.29, 0.717) is 19.6 Å². The summed E-state index contributed by atoms with van der Waals surface area (Å²) in [5.74, 6) is -3.43. The van der Waals surface area contributed by atoms with Crippen molar-refractivity contribution in [3.8, 4) is 17.0 Å². The highest BCUT2D eigenvalue weighted by molar-refractivity contribution is 5.68. The van der Waals surface area contributed by atoms with E-state index in [2.05, 4.69) is 10.3 Å². The summed E-state index contributed by atoms with van der Waals surface area (Å²) < 4.78 is 58.3. The first-order valence-corrected chi connectivity index (χ1v) is 9.94. The summed E-state index contributed by atoms with van der Waals surface area (Å²) in [6.45, 7) is 6.05. The van der Waals surface area contributed by atoms with Crippen molar-refractivity contribution in [3.63, 3.8) is 0 Å². The SMILES string of the molecule is CC(C)(C)OC(=O)N[C@H]1CCOC[C@@H]1COc1ccc(-c2ccc(F)cn2)c(F)c1F. The first-order valence-electron chi connectivity index (χ1n) is 9.94. The molecule has 2 heterocycles. The third kappa shape index (κ3) is 6.10. The summed E-state index contributed by atoms with van der Waals surface area (Å²) in [6.07, 6.45) is 0.912. The minimum Gasteiger partial charge on any atom is -0.490 e.